The number of aryl methyl sites for hydroxylation is 1. The van der Waals surface area contributed by atoms with Crippen LogP contribution >= 0.6 is 0 Å². The fraction of sp³-hybridized carbons (Fsp3) is 0.478. The molecule has 28 heavy (non-hydrogen) atoms. The van der Waals surface area contributed by atoms with Gasteiger partial charge in [-0.25, -0.2) is 0 Å². The van der Waals surface area contributed by atoms with Crippen molar-refractivity contribution in [2.75, 3.05) is 19.7 Å². The third-order valence-corrected chi connectivity index (χ3v) is 5.17. The second-order valence-corrected chi connectivity index (χ2v) is 7.60. The summed E-state index contributed by atoms with van der Waals surface area (Å²) in [5.41, 5.74) is 1.35. The summed E-state index contributed by atoms with van der Waals surface area (Å²) in [5.74, 6) is 1.57. The average molecular weight is 385 g/mol. The van der Waals surface area contributed by atoms with Gasteiger partial charge in [0.1, 0.15) is 12.7 Å². The number of benzene rings is 2. The molecule has 2 aromatic carbocycles. The Hall–Kier alpha value is -2.08. The maximum Gasteiger partial charge on any atom is 0.161 e. The van der Waals surface area contributed by atoms with E-state index in [1.54, 1.807) is 0 Å². The summed E-state index contributed by atoms with van der Waals surface area (Å²) in [5, 5.41) is 17.1. The highest BCUT2D eigenvalue weighted by atomic mass is 16.6. The van der Waals surface area contributed by atoms with Crippen molar-refractivity contribution in [1.29, 1.82) is 0 Å². The predicted molar refractivity (Wildman–Crippen MR) is 112 cm³/mol. The summed E-state index contributed by atoms with van der Waals surface area (Å²) in [6, 6.07) is 18.7. The molecule has 1 heterocycles. The minimum Gasteiger partial charge on any atom is -0.486 e. The summed E-state index contributed by atoms with van der Waals surface area (Å²) < 4.78 is 11.8. The first-order valence-corrected chi connectivity index (χ1v) is 10.2. The zero-order valence-corrected chi connectivity index (χ0v) is 16.8. The quantitative estimate of drug-likeness (QED) is 0.588. The lowest BCUT2D eigenvalue weighted by molar-refractivity contribution is 0.0611. The first kappa shape index (κ1) is 20.6. The number of para-hydroxylation sites is 2. The van der Waals surface area contributed by atoms with E-state index in [-0.39, 0.29) is 12.1 Å². The van der Waals surface area contributed by atoms with Crippen LogP contribution < -0.4 is 20.1 Å². The van der Waals surface area contributed by atoms with Crippen LogP contribution in [0.1, 0.15) is 25.8 Å². The Morgan fingerprint density at radius 3 is 2.43 bits per heavy atom. The number of ether oxygens (including phenoxy) is 2. The van der Waals surface area contributed by atoms with Crippen molar-refractivity contribution in [3.05, 3.63) is 60.2 Å². The van der Waals surface area contributed by atoms with E-state index in [1.165, 1.54) is 5.56 Å². The van der Waals surface area contributed by atoms with Crippen molar-refractivity contribution in [1.82, 2.24) is 10.6 Å². The Balaban J connectivity index is 1.32. The van der Waals surface area contributed by atoms with Crippen LogP contribution in [-0.4, -0.2) is 49.1 Å². The summed E-state index contributed by atoms with van der Waals surface area (Å²) in [6.45, 7) is 5.82. The van der Waals surface area contributed by atoms with Gasteiger partial charge in [0.25, 0.3) is 0 Å². The molecular weight excluding hydrogens is 352 g/mol. The minimum absolute atomic E-state index is 0.0696. The maximum atomic E-state index is 10.3. The van der Waals surface area contributed by atoms with E-state index in [2.05, 4.69) is 48.7 Å². The molecule has 5 heteroatoms. The Kier molecular flexibility index (Phi) is 7.71. The largest absolute Gasteiger partial charge is 0.486 e. The highest BCUT2D eigenvalue weighted by Crippen LogP contribution is 2.31. The highest BCUT2D eigenvalue weighted by molar-refractivity contribution is 5.40. The molecule has 1 aliphatic heterocycles. The lowest BCUT2D eigenvalue weighted by Crippen LogP contribution is -2.49. The minimum atomic E-state index is -0.446. The fourth-order valence-electron chi connectivity index (χ4n) is 3.27. The summed E-state index contributed by atoms with van der Waals surface area (Å²) >= 11 is 0. The van der Waals surface area contributed by atoms with Gasteiger partial charge in [0.2, 0.25) is 0 Å². The van der Waals surface area contributed by atoms with Gasteiger partial charge in [-0.05, 0) is 44.4 Å². The zero-order chi connectivity index (χ0) is 19.8. The number of rotatable bonds is 10. The molecule has 0 bridgehead atoms. The van der Waals surface area contributed by atoms with Crippen LogP contribution in [0.3, 0.4) is 0 Å². The molecule has 5 nitrogen and oxygen atoms in total. The van der Waals surface area contributed by atoms with E-state index >= 15 is 0 Å². The van der Waals surface area contributed by atoms with Gasteiger partial charge in [0.15, 0.2) is 11.5 Å². The second-order valence-electron chi connectivity index (χ2n) is 7.60. The molecule has 1 aliphatic rings. The van der Waals surface area contributed by atoms with Crippen LogP contribution in [0.4, 0.5) is 0 Å². The van der Waals surface area contributed by atoms with E-state index in [1.807, 2.05) is 30.3 Å². The molecule has 3 rings (SSSR count). The molecule has 2 aromatic rings. The van der Waals surface area contributed by atoms with Gasteiger partial charge in [-0.3, -0.25) is 0 Å². The van der Waals surface area contributed by atoms with Gasteiger partial charge in [0.05, 0.1) is 6.10 Å². The number of aliphatic hydroxyl groups is 1. The first-order valence-electron chi connectivity index (χ1n) is 10.2. The van der Waals surface area contributed by atoms with Crippen LogP contribution in [0.5, 0.6) is 11.5 Å². The lowest BCUT2D eigenvalue weighted by atomic mass is 10.1. The Bertz CT molecular complexity index is 710. The molecular formula is C23H32N2O3. The maximum absolute atomic E-state index is 10.3. The van der Waals surface area contributed by atoms with Gasteiger partial charge in [-0.2, -0.15) is 0 Å². The van der Waals surface area contributed by atoms with Crippen molar-refractivity contribution in [3.8, 4) is 11.5 Å². The van der Waals surface area contributed by atoms with Crippen molar-refractivity contribution >= 4 is 0 Å². The van der Waals surface area contributed by atoms with Gasteiger partial charge < -0.3 is 25.2 Å². The molecule has 4 atom stereocenters. The molecule has 0 unspecified atom stereocenters. The van der Waals surface area contributed by atoms with Crippen molar-refractivity contribution in [2.45, 2.75) is 51.0 Å². The third kappa shape index (κ3) is 6.23. The predicted octanol–water partition coefficient (Wildman–Crippen LogP) is 2.78. The number of nitrogens with one attached hydrogen (secondary N) is 2. The molecule has 0 aromatic heterocycles. The molecule has 0 fully saturated rings. The molecule has 0 saturated heterocycles. The number of fused-ring (bicyclic) bond motifs is 1. The van der Waals surface area contributed by atoms with E-state index in [9.17, 15) is 5.11 Å². The Morgan fingerprint density at radius 1 is 0.964 bits per heavy atom. The summed E-state index contributed by atoms with van der Waals surface area (Å²) in [4.78, 5) is 0. The topological polar surface area (TPSA) is 62.8 Å². The molecule has 0 saturated carbocycles. The van der Waals surface area contributed by atoms with Gasteiger partial charge in [-0.15, -0.1) is 0 Å². The number of hydrogen-bond donors (Lipinski definition) is 3. The highest BCUT2D eigenvalue weighted by Gasteiger charge is 2.26. The van der Waals surface area contributed by atoms with Crippen molar-refractivity contribution in [2.24, 2.45) is 0 Å². The Labute approximate surface area is 168 Å². The molecule has 3 N–H and O–H groups in total. The summed E-state index contributed by atoms with van der Waals surface area (Å²) in [7, 11) is 0. The van der Waals surface area contributed by atoms with E-state index in [0.29, 0.717) is 25.7 Å². The average Bonchev–Trinajstić information content (AvgIpc) is 2.75. The van der Waals surface area contributed by atoms with Gasteiger partial charge in [-0.1, -0.05) is 42.5 Å². The molecule has 0 spiro atoms. The van der Waals surface area contributed by atoms with E-state index in [0.717, 1.165) is 24.3 Å². The van der Waals surface area contributed by atoms with Gasteiger partial charge >= 0.3 is 0 Å². The monoisotopic (exact) mass is 384 g/mol. The van der Waals surface area contributed by atoms with Crippen molar-refractivity contribution < 1.29 is 14.6 Å². The second kappa shape index (κ2) is 10.5. The van der Waals surface area contributed by atoms with Crippen LogP contribution in [0, 0.1) is 0 Å². The standard InChI is InChI=1S/C23H32N2O3/c1-17(12-13-19-8-4-3-5-9-19)24-14-20(26)15-25-18(2)23-16-27-21-10-6-7-11-22(21)28-23/h3-11,17-18,20,23-26H,12-16H2,1-2H3/t17-,18-,20+,23+/m0/s1. The molecule has 0 aliphatic carbocycles. The number of hydrogen-bond acceptors (Lipinski definition) is 5. The van der Waals surface area contributed by atoms with Gasteiger partial charge in [0, 0.05) is 25.2 Å². The molecule has 0 amide bonds. The first-order chi connectivity index (χ1) is 13.6. The molecule has 0 radical (unpaired) electrons. The van der Waals surface area contributed by atoms with Crippen molar-refractivity contribution in [3.63, 3.8) is 0 Å². The lowest BCUT2D eigenvalue weighted by Gasteiger charge is -2.31. The summed E-state index contributed by atoms with van der Waals surface area (Å²) in [6.07, 6.45) is 1.58. The van der Waals surface area contributed by atoms with Crippen LogP contribution in [0.15, 0.2) is 54.6 Å². The van der Waals surface area contributed by atoms with Crippen LogP contribution in [0.25, 0.3) is 0 Å². The zero-order valence-electron chi connectivity index (χ0n) is 16.8. The fourth-order valence-corrected chi connectivity index (χ4v) is 3.27. The smallest absolute Gasteiger partial charge is 0.161 e. The SMILES string of the molecule is C[C@H](NC[C@H](O)CN[C@@H](C)CCc1ccccc1)[C@H]1COc2ccccc2O1. The number of aliphatic hydroxyl groups excluding tert-OH is 1. The van der Waals surface area contributed by atoms with Crippen LogP contribution in [0.2, 0.25) is 0 Å². The Morgan fingerprint density at radius 2 is 1.64 bits per heavy atom. The van der Waals surface area contributed by atoms with E-state index in [4.69, 9.17) is 9.47 Å². The third-order valence-electron chi connectivity index (χ3n) is 5.17. The normalized spacial score (nSPS) is 19.0. The van der Waals surface area contributed by atoms with Crippen LogP contribution in [-0.2, 0) is 6.42 Å². The van der Waals surface area contributed by atoms with E-state index < -0.39 is 6.10 Å². The molecule has 152 valence electrons.